The van der Waals surface area contributed by atoms with Crippen molar-refractivity contribution >= 4 is 50.9 Å². The summed E-state index contributed by atoms with van der Waals surface area (Å²) in [7, 11) is 1.55. The molecular weight excluding hydrogens is 680 g/mol. The maximum Gasteiger partial charge on any atom is 0.338 e. The molecule has 45 heavy (non-hydrogen) atoms. The van der Waals surface area contributed by atoms with Crippen molar-refractivity contribution in [1.29, 1.82) is 0 Å². The van der Waals surface area contributed by atoms with Crippen molar-refractivity contribution < 1.29 is 23.7 Å². The quantitative estimate of drug-likeness (QED) is 0.133. The number of hydrogen-bond donors (Lipinski definition) is 0. The largest absolute Gasteiger partial charge is 0.493 e. The van der Waals surface area contributed by atoms with Gasteiger partial charge in [-0.25, -0.2) is 9.79 Å². The number of carbonyl (C=O) groups excluding carboxylic acids is 1. The molecule has 0 saturated heterocycles. The first kappa shape index (κ1) is 32.3. The third-order valence-corrected chi connectivity index (χ3v) is 8.90. The number of thiazole rings is 1. The van der Waals surface area contributed by atoms with Crippen molar-refractivity contribution in [3.8, 4) is 17.2 Å². The molecule has 0 fully saturated rings. The highest BCUT2D eigenvalue weighted by atomic mass is 79.9. The van der Waals surface area contributed by atoms with Crippen LogP contribution in [0.3, 0.4) is 0 Å². The minimum absolute atomic E-state index is 0.190. The van der Waals surface area contributed by atoms with Gasteiger partial charge in [-0.3, -0.25) is 9.36 Å². The van der Waals surface area contributed by atoms with Crippen molar-refractivity contribution in [2.24, 2.45) is 4.99 Å². The van der Waals surface area contributed by atoms with E-state index in [1.165, 1.54) is 11.3 Å². The monoisotopic (exact) mass is 708 g/mol. The molecule has 4 aromatic rings. The number of methoxy groups -OCH3 is 1. The number of hydrogen-bond acceptors (Lipinski definition) is 8. The van der Waals surface area contributed by atoms with Crippen LogP contribution in [-0.4, -0.2) is 30.9 Å². The Labute approximate surface area is 277 Å². The molecule has 0 bridgehead atoms. The Morgan fingerprint density at radius 3 is 2.60 bits per heavy atom. The van der Waals surface area contributed by atoms with Gasteiger partial charge in [-0.2, -0.15) is 0 Å². The van der Waals surface area contributed by atoms with Crippen LogP contribution in [0.2, 0.25) is 5.02 Å². The Balaban J connectivity index is 1.56. The minimum Gasteiger partial charge on any atom is -0.493 e. The predicted octanol–water partition coefficient (Wildman–Crippen LogP) is 6.37. The molecule has 0 spiro atoms. The summed E-state index contributed by atoms with van der Waals surface area (Å²) >= 11 is 11.1. The zero-order valence-electron chi connectivity index (χ0n) is 24.8. The minimum atomic E-state index is -0.738. The smallest absolute Gasteiger partial charge is 0.338 e. The molecule has 5 rings (SSSR count). The molecule has 8 nitrogen and oxygen atoms in total. The number of ether oxygens (including phenoxy) is 4. The molecule has 0 radical (unpaired) electrons. The predicted molar refractivity (Wildman–Crippen MR) is 179 cm³/mol. The third-order valence-electron chi connectivity index (χ3n) is 6.96. The zero-order chi connectivity index (χ0) is 32.1. The summed E-state index contributed by atoms with van der Waals surface area (Å²) in [4.78, 5) is 32.3. The average Bonchev–Trinajstić information content (AvgIpc) is 3.33. The van der Waals surface area contributed by atoms with Gasteiger partial charge in [-0.1, -0.05) is 65.9 Å². The number of aromatic nitrogens is 1. The van der Waals surface area contributed by atoms with Crippen LogP contribution in [0.4, 0.5) is 0 Å². The van der Waals surface area contributed by atoms with E-state index in [0.29, 0.717) is 59.5 Å². The molecule has 0 aliphatic carbocycles. The first-order valence-corrected chi connectivity index (χ1v) is 16.0. The van der Waals surface area contributed by atoms with E-state index in [1.807, 2.05) is 36.4 Å². The molecule has 232 valence electrons. The van der Waals surface area contributed by atoms with Crippen LogP contribution in [-0.2, 0) is 16.1 Å². The number of allylic oxidation sites excluding steroid dienone is 1. The molecule has 1 atom stereocenters. The van der Waals surface area contributed by atoms with E-state index in [0.717, 1.165) is 11.1 Å². The molecule has 0 saturated carbocycles. The molecule has 3 aromatic carbocycles. The lowest BCUT2D eigenvalue weighted by atomic mass is 9.96. The van der Waals surface area contributed by atoms with Gasteiger partial charge in [-0.15, -0.1) is 0 Å². The van der Waals surface area contributed by atoms with Gasteiger partial charge in [0.25, 0.3) is 5.56 Å². The number of halogens is 2. The summed E-state index contributed by atoms with van der Waals surface area (Å²) in [6, 6.07) is 17.6. The number of esters is 1. The average molecular weight is 710 g/mol. The van der Waals surface area contributed by atoms with Crippen LogP contribution in [0.15, 0.2) is 98.8 Å². The molecular formula is C34H30BrClN2O6S. The highest BCUT2D eigenvalue weighted by Gasteiger charge is 2.33. The summed E-state index contributed by atoms with van der Waals surface area (Å²) in [6.07, 6.45) is 3.42. The highest BCUT2D eigenvalue weighted by molar-refractivity contribution is 9.10. The molecule has 11 heteroatoms. The van der Waals surface area contributed by atoms with Crippen molar-refractivity contribution in [2.75, 3.05) is 20.3 Å². The number of fused-ring (bicyclic) bond motifs is 1. The van der Waals surface area contributed by atoms with Crippen molar-refractivity contribution in [3.05, 3.63) is 130 Å². The fourth-order valence-corrected chi connectivity index (χ4v) is 6.70. The number of benzene rings is 3. The van der Waals surface area contributed by atoms with Gasteiger partial charge in [0, 0.05) is 10.6 Å². The van der Waals surface area contributed by atoms with E-state index < -0.39 is 12.0 Å². The van der Waals surface area contributed by atoms with E-state index in [2.05, 4.69) is 27.5 Å². The van der Waals surface area contributed by atoms with Crippen molar-refractivity contribution in [1.82, 2.24) is 4.57 Å². The first-order chi connectivity index (χ1) is 21.7. The van der Waals surface area contributed by atoms with E-state index in [1.54, 1.807) is 61.9 Å². The van der Waals surface area contributed by atoms with Crippen LogP contribution in [0.25, 0.3) is 6.08 Å². The SMILES string of the molecule is C=CCOc1ccc([C@H]2C(C(=O)OCC)=C(C)N=c3s/c(=C\c4cc(Br)c(OCc5ccccc5Cl)c(OC)c4)c(=O)n32)cc1. The number of rotatable bonds is 11. The standard InChI is InChI=1S/C34H30BrClN2O6S/c1-5-15-43-24-13-11-22(12-14-24)30-29(33(40)42-6-2)20(3)37-34-38(30)32(39)28(45-34)18-21-16-25(35)31(27(17-21)41-4)44-19-23-9-7-8-10-26(23)36/h5,7-14,16-18,30H,1,6,15,19H2,2-4H3/b28-18-/t30-/m0/s1. The normalized spacial score (nSPS) is 14.4. The molecule has 1 aromatic heterocycles. The highest BCUT2D eigenvalue weighted by Crippen LogP contribution is 2.38. The number of nitrogens with zero attached hydrogens (tertiary/aromatic N) is 2. The van der Waals surface area contributed by atoms with Gasteiger partial charge in [0.2, 0.25) is 0 Å². The van der Waals surface area contributed by atoms with Gasteiger partial charge in [-0.05, 0) is 77.3 Å². The Hall–Kier alpha value is -4.12. The first-order valence-electron chi connectivity index (χ1n) is 14.0. The summed E-state index contributed by atoms with van der Waals surface area (Å²) < 4.78 is 25.4. The second-order valence-corrected chi connectivity index (χ2v) is 12.2. The molecule has 1 aliphatic rings. The summed E-state index contributed by atoms with van der Waals surface area (Å²) in [5.41, 5.74) is 2.76. The fourth-order valence-electron chi connectivity index (χ4n) is 4.89. The van der Waals surface area contributed by atoms with Crippen LogP contribution >= 0.6 is 38.9 Å². The van der Waals surface area contributed by atoms with Gasteiger partial charge < -0.3 is 18.9 Å². The van der Waals surface area contributed by atoms with Crippen LogP contribution in [0.5, 0.6) is 17.2 Å². The second-order valence-electron chi connectivity index (χ2n) is 9.89. The van der Waals surface area contributed by atoms with Crippen molar-refractivity contribution in [2.45, 2.75) is 26.5 Å². The molecule has 1 aliphatic heterocycles. The molecule has 2 heterocycles. The van der Waals surface area contributed by atoms with Crippen LogP contribution < -0.4 is 29.1 Å². The Bertz CT molecular complexity index is 1970. The summed E-state index contributed by atoms with van der Waals surface area (Å²) in [5.74, 6) is 1.10. The molecule has 0 amide bonds. The van der Waals surface area contributed by atoms with E-state index in [4.69, 9.17) is 30.5 Å². The Kier molecular flexibility index (Phi) is 10.3. The third kappa shape index (κ3) is 6.93. The number of carbonyl (C=O) groups is 1. The van der Waals surface area contributed by atoms with E-state index in [-0.39, 0.29) is 18.8 Å². The zero-order valence-corrected chi connectivity index (χ0v) is 28.0. The molecule has 0 N–H and O–H groups in total. The van der Waals surface area contributed by atoms with Crippen LogP contribution in [0.1, 0.15) is 36.6 Å². The lowest BCUT2D eigenvalue weighted by Gasteiger charge is -2.24. The van der Waals surface area contributed by atoms with Crippen molar-refractivity contribution in [3.63, 3.8) is 0 Å². The van der Waals surface area contributed by atoms with Crippen LogP contribution in [0, 0.1) is 0 Å². The van der Waals surface area contributed by atoms with E-state index >= 15 is 0 Å². The lowest BCUT2D eigenvalue weighted by Crippen LogP contribution is -2.39. The molecule has 0 unspecified atom stereocenters. The second kappa shape index (κ2) is 14.3. The van der Waals surface area contributed by atoms with Gasteiger partial charge >= 0.3 is 5.97 Å². The summed E-state index contributed by atoms with van der Waals surface area (Å²) in [6.45, 7) is 7.96. The van der Waals surface area contributed by atoms with Gasteiger partial charge in [0.15, 0.2) is 16.3 Å². The maximum absolute atomic E-state index is 14.0. The van der Waals surface area contributed by atoms with E-state index in [9.17, 15) is 9.59 Å². The maximum atomic E-state index is 14.0. The Morgan fingerprint density at radius 1 is 1.16 bits per heavy atom. The van der Waals surface area contributed by atoms with Gasteiger partial charge in [0.1, 0.15) is 19.0 Å². The Morgan fingerprint density at radius 2 is 1.91 bits per heavy atom. The summed E-state index contributed by atoms with van der Waals surface area (Å²) in [5, 5.41) is 0.608. The lowest BCUT2D eigenvalue weighted by molar-refractivity contribution is -0.139. The van der Waals surface area contributed by atoms with Gasteiger partial charge in [0.05, 0.1) is 40.0 Å². The fraction of sp³-hybridized carbons (Fsp3) is 0.206. The topological polar surface area (TPSA) is 88.4 Å².